The number of carbonyl (C=O) groups excluding carboxylic acids is 1. The van der Waals surface area contributed by atoms with E-state index in [9.17, 15) is 13.2 Å². The van der Waals surface area contributed by atoms with Crippen molar-refractivity contribution in [1.82, 2.24) is 0 Å². The Labute approximate surface area is 141 Å². The molecule has 0 radical (unpaired) electrons. The van der Waals surface area contributed by atoms with Crippen molar-refractivity contribution in [3.8, 4) is 5.75 Å². The summed E-state index contributed by atoms with van der Waals surface area (Å²) in [6.45, 7) is 3.40. The van der Waals surface area contributed by atoms with Gasteiger partial charge in [-0.05, 0) is 49.7 Å². The molecule has 128 valence electrons. The fraction of sp³-hybridized carbons (Fsp3) is 0.235. The molecular formula is C17H19NO5S. The molecule has 0 spiro atoms. The van der Waals surface area contributed by atoms with E-state index in [0.717, 1.165) is 5.56 Å². The van der Waals surface area contributed by atoms with Crippen LogP contribution in [0.1, 0.15) is 11.1 Å². The van der Waals surface area contributed by atoms with Gasteiger partial charge in [-0.3, -0.25) is 4.72 Å². The summed E-state index contributed by atoms with van der Waals surface area (Å²) in [4.78, 5) is 11.2. The molecule has 2 aromatic rings. The second-order valence-electron chi connectivity index (χ2n) is 5.26. The molecule has 0 heterocycles. The summed E-state index contributed by atoms with van der Waals surface area (Å²) in [5.74, 6) is -0.0816. The Kier molecular flexibility index (Phi) is 5.46. The van der Waals surface area contributed by atoms with Gasteiger partial charge in [0.25, 0.3) is 10.0 Å². The molecule has 0 saturated carbocycles. The quantitative estimate of drug-likeness (QED) is 0.811. The molecule has 0 aliphatic heterocycles. The molecule has 7 heteroatoms. The highest BCUT2D eigenvalue weighted by molar-refractivity contribution is 7.92. The van der Waals surface area contributed by atoms with Gasteiger partial charge in [0.15, 0.2) is 6.61 Å². The van der Waals surface area contributed by atoms with Gasteiger partial charge >= 0.3 is 5.97 Å². The predicted molar refractivity (Wildman–Crippen MR) is 90.7 cm³/mol. The van der Waals surface area contributed by atoms with E-state index in [-0.39, 0.29) is 11.5 Å². The summed E-state index contributed by atoms with van der Waals surface area (Å²) >= 11 is 0. The van der Waals surface area contributed by atoms with Crippen molar-refractivity contribution in [2.45, 2.75) is 18.7 Å². The summed E-state index contributed by atoms with van der Waals surface area (Å²) in [6, 6.07) is 11.5. The summed E-state index contributed by atoms with van der Waals surface area (Å²) in [7, 11) is -2.43. The van der Waals surface area contributed by atoms with Crippen molar-refractivity contribution in [1.29, 1.82) is 0 Å². The third kappa shape index (κ3) is 4.48. The molecule has 0 amide bonds. The van der Waals surface area contributed by atoms with Gasteiger partial charge in [0, 0.05) is 5.69 Å². The monoisotopic (exact) mass is 349 g/mol. The molecule has 0 unspecified atom stereocenters. The van der Waals surface area contributed by atoms with Crippen LogP contribution in [0.15, 0.2) is 47.4 Å². The molecule has 0 atom stereocenters. The number of nitrogens with one attached hydrogen (secondary N) is 1. The van der Waals surface area contributed by atoms with E-state index in [0.29, 0.717) is 17.0 Å². The van der Waals surface area contributed by atoms with Gasteiger partial charge in [0.1, 0.15) is 5.75 Å². The highest BCUT2D eigenvalue weighted by Gasteiger charge is 2.16. The first-order valence-corrected chi connectivity index (χ1v) is 8.70. The fourth-order valence-corrected chi connectivity index (χ4v) is 3.13. The van der Waals surface area contributed by atoms with E-state index in [1.807, 2.05) is 19.1 Å². The second kappa shape index (κ2) is 7.35. The zero-order valence-corrected chi connectivity index (χ0v) is 14.5. The maximum absolute atomic E-state index is 12.4. The van der Waals surface area contributed by atoms with Gasteiger partial charge in [-0.15, -0.1) is 0 Å². The Morgan fingerprint density at radius 1 is 1.08 bits per heavy atom. The lowest BCUT2D eigenvalue weighted by atomic mass is 10.2. The highest BCUT2D eigenvalue weighted by atomic mass is 32.2. The summed E-state index contributed by atoms with van der Waals surface area (Å²) in [5.41, 5.74) is 2.14. The minimum absolute atomic E-state index is 0.117. The van der Waals surface area contributed by atoms with Crippen LogP contribution >= 0.6 is 0 Å². The van der Waals surface area contributed by atoms with Crippen molar-refractivity contribution in [2.24, 2.45) is 0 Å². The van der Waals surface area contributed by atoms with E-state index < -0.39 is 16.0 Å². The van der Waals surface area contributed by atoms with Crippen molar-refractivity contribution >= 4 is 21.7 Å². The number of hydrogen-bond acceptors (Lipinski definition) is 5. The zero-order chi connectivity index (χ0) is 17.7. The molecule has 24 heavy (non-hydrogen) atoms. The molecular weight excluding hydrogens is 330 g/mol. The van der Waals surface area contributed by atoms with E-state index in [1.54, 1.807) is 19.1 Å². The maximum atomic E-state index is 12.4. The largest absolute Gasteiger partial charge is 0.482 e. The van der Waals surface area contributed by atoms with Crippen molar-refractivity contribution < 1.29 is 22.7 Å². The minimum Gasteiger partial charge on any atom is -0.482 e. The van der Waals surface area contributed by atoms with E-state index in [1.165, 1.54) is 25.3 Å². The van der Waals surface area contributed by atoms with E-state index in [2.05, 4.69) is 9.46 Å². The van der Waals surface area contributed by atoms with Gasteiger partial charge in [-0.25, -0.2) is 13.2 Å². The number of sulfonamides is 1. The third-order valence-electron chi connectivity index (χ3n) is 3.33. The molecule has 0 aromatic heterocycles. The number of hydrogen-bond donors (Lipinski definition) is 1. The topological polar surface area (TPSA) is 81.7 Å². The Hall–Kier alpha value is -2.54. The van der Waals surface area contributed by atoms with Gasteiger partial charge in [-0.2, -0.15) is 0 Å². The van der Waals surface area contributed by atoms with E-state index in [4.69, 9.17) is 4.74 Å². The lowest BCUT2D eigenvalue weighted by Crippen LogP contribution is -2.15. The molecule has 0 bridgehead atoms. The Morgan fingerprint density at radius 3 is 2.33 bits per heavy atom. The van der Waals surface area contributed by atoms with Crippen molar-refractivity contribution in [2.75, 3.05) is 18.4 Å². The van der Waals surface area contributed by atoms with Gasteiger partial charge in [-0.1, -0.05) is 17.7 Å². The van der Waals surface area contributed by atoms with E-state index >= 15 is 0 Å². The third-order valence-corrected chi connectivity index (χ3v) is 4.71. The number of methoxy groups -OCH3 is 1. The number of anilines is 1. The lowest BCUT2D eigenvalue weighted by molar-refractivity contribution is -0.142. The number of carbonyl (C=O) groups is 1. The highest BCUT2D eigenvalue weighted by Crippen LogP contribution is 2.23. The normalized spacial score (nSPS) is 11.0. The molecule has 0 fully saturated rings. The zero-order valence-electron chi connectivity index (χ0n) is 13.7. The molecule has 6 nitrogen and oxygen atoms in total. The summed E-state index contributed by atoms with van der Waals surface area (Å²) < 4.78 is 37.2. The second-order valence-corrected chi connectivity index (χ2v) is 6.95. The van der Waals surface area contributed by atoms with Crippen LogP contribution in [0.25, 0.3) is 0 Å². The molecule has 0 aliphatic rings. The Morgan fingerprint density at radius 2 is 1.75 bits per heavy atom. The number of aryl methyl sites for hydroxylation is 2. The fourth-order valence-electron chi connectivity index (χ4n) is 1.98. The number of esters is 1. The summed E-state index contributed by atoms with van der Waals surface area (Å²) in [5, 5.41) is 0. The van der Waals surface area contributed by atoms with Gasteiger partial charge < -0.3 is 9.47 Å². The van der Waals surface area contributed by atoms with Crippen LogP contribution in [0.5, 0.6) is 5.75 Å². The van der Waals surface area contributed by atoms with Crippen LogP contribution in [0.2, 0.25) is 0 Å². The molecule has 0 aliphatic carbocycles. The average Bonchev–Trinajstić information content (AvgIpc) is 2.55. The van der Waals surface area contributed by atoms with Crippen LogP contribution in [-0.4, -0.2) is 28.1 Å². The van der Waals surface area contributed by atoms with Crippen LogP contribution in [0.4, 0.5) is 5.69 Å². The van der Waals surface area contributed by atoms with Crippen LogP contribution in [-0.2, 0) is 19.6 Å². The standard InChI is InChI=1S/C17H19NO5S/c1-12-4-6-14(7-5-12)18-24(20,21)15-8-9-16(13(2)10-15)23-11-17(19)22-3/h4-10,18H,11H2,1-3H3. The minimum atomic E-state index is -3.70. The van der Waals surface area contributed by atoms with Crippen LogP contribution in [0, 0.1) is 13.8 Å². The first kappa shape index (κ1) is 17.8. The average molecular weight is 349 g/mol. The first-order chi connectivity index (χ1) is 11.3. The van der Waals surface area contributed by atoms with Crippen LogP contribution < -0.4 is 9.46 Å². The molecule has 2 aromatic carbocycles. The Balaban J connectivity index is 2.17. The Bertz CT molecular complexity index is 829. The first-order valence-electron chi connectivity index (χ1n) is 7.21. The SMILES string of the molecule is COC(=O)COc1ccc(S(=O)(=O)Nc2ccc(C)cc2)cc1C. The molecule has 2 rings (SSSR count). The van der Waals surface area contributed by atoms with Crippen molar-refractivity contribution in [3.63, 3.8) is 0 Å². The van der Waals surface area contributed by atoms with Gasteiger partial charge in [0.2, 0.25) is 0 Å². The van der Waals surface area contributed by atoms with Gasteiger partial charge in [0.05, 0.1) is 12.0 Å². The number of ether oxygens (including phenoxy) is 2. The maximum Gasteiger partial charge on any atom is 0.343 e. The van der Waals surface area contributed by atoms with Crippen molar-refractivity contribution in [3.05, 3.63) is 53.6 Å². The smallest absolute Gasteiger partial charge is 0.343 e. The predicted octanol–water partition coefficient (Wildman–Crippen LogP) is 2.66. The van der Waals surface area contributed by atoms with Crippen LogP contribution in [0.3, 0.4) is 0 Å². The molecule has 1 N–H and O–H groups in total. The molecule has 0 saturated heterocycles. The number of benzene rings is 2. The number of rotatable bonds is 6. The summed E-state index contributed by atoms with van der Waals surface area (Å²) in [6.07, 6.45) is 0. The lowest BCUT2D eigenvalue weighted by Gasteiger charge is -2.12.